The second-order valence-corrected chi connectivity index (χ2v) is 9.03. The summed E-state index contributed by atoms with van der Waals surface area (Å²) in [5.41, 5.74) is 0.992. The summed E-state index contributed by atoms with van der Waals surface area (Å²) in [7, 11) is 1.50. The normalized spacial score (nSPS) is 16.8. The van der Waals surface area contributed by atoms with Gasteiger partial charge in [0, 0.05) is 11.3 Å². The molecule has 0 saturated carbocycles. The van der Waals surface area contributed by atoms with Gasteiger partial charge in [0.1, 0.15) is 23.1 Å². The fourth-order valence-corrected chi connectivity index (χ4v) is 4.44. The number of aliphatic hydroxyl groups is 1. The number of methoxy groups -OCH3 is 1. The summed E-state index contributed by atoms with van der Waals surface area (Å²) < 4.78 is 24.9. The molecular formula is C29H27ClFNO5. The molecule has 192 valence electrons. The first-order valence-corrected chi connectivity index (χ1v) is 12.4. The van der Waals surface area contributed by atoms with Crippen molar-refractivity contribution in [1.82, 2.24) is 0 Å². The van der Waals surface area contributed by atoms with Gasteiger partial charge in [-0.2, -0.15) is 0 Å². The van der Waals surface area contributed by atoms with Crippen molar-refractivity contribution in [3.63, 3.8) is 0 Å². The van der Waals surface area contributed by atoms with Gasteiger partial charge in [0.15, 0.2) is 0 Å². The number of amides is 1. The fraction of sp³-hybridized carbons (Fsp3) is 0.241. The Hall–Kier alpha value is -3.84. The van der Waals surface area contributed by atoms with Gasteiger partial charge >= 0.3 is 0 Å². The highest BCUT2D eigenvalue weighted by Crippen LogP contribution is 2.43. The van der Waals surface area contributed by atoms with Gasteiger partial charge in [0.2, 0.25) is 0 Å². The molecule has 0 bridgehead atoms. The lowest BCUT2D eigenvalue weighted by Gasteiger charge is -2.26. The van der Waals surface area contributed by atoms with E-state index in [4.69, 9.17) is 21.1 Å². The van der Waals surface area contributed by atoms with Crippen LogP contribution in [0.4, 0.5) is 10.1 Å². The number of rotatable bonds is 9. The van der Waals surface area contributed by atoms with Crippen molar-refractivity contribution in [2.24, 2.45) is 0 Å². The molecule has 1 N–H and O–H groups in total. The number of aliphatic hydroxyl groups excluding tert-OH is 1. The second-order valence-electron chi connectivity index (χ2n) is 8.62. The Balaban J connectivity index is 1.79. The minimum absolute atomic E-state index is 0.102. The van der Waals surface area contributed by atoms with Gasteiger partial charge in [-0.25, -0.2) is 4.39 Å². The van der Waals surface area contributed by atoms with E-state index in [9.17, 15) is 19.1 Å². The lowest BCUT2D eigenvalue weighted by molar-refractivity contribution is -0.132. The number of carbonyl (C=O) groups excluding carboxylic acids is 2. The Morgan fingerprint density at radius 2 is 1.78 bits per heavy atom. The molecule has 1 atom stereocenters. The third-order valence-electron chi connectivity index (χ3n) is 6.18. The predicted molar refractivity (Wildman–Crippen MR) is 141 cm³/mol. The van der Waals surface area contributed by atoms with Gasteiger partial charge < -0.3 is 14.6 Å². The van der Waals surface area contributed by atoms with Gasteiger partial charge in [0.05, 0.1) is 30.4 Å². The summed E-state index contributed by atoms with van der Waals surface area (Å²) in [6, 6.07) is 16.3. The Morgan fingerprint density at radius 1 is 1.03 bits per heavy atom. The molecule has 1 aliphatic rings. The third kappa shape index (κ3) is 5.47. The standard InChI is InChI=1S/C29H27ClFNO5/c1-3-4-5-15-37-21-12-9-18(10-13-21)27(33)25-26(19-7-6-8-22(16-19)36-2)32(29(35)28(25)34)20-11-14-24(31)23(30)17-20/h6-14,16-17,26,33H,3-5,15H2,1-2H3/b27-25+. The van der Waals surface area contributed by atoms with Crippen molar-refractivity contribution in [1.29, 1.82) is 0 Å². The van der Waals surface area contributed by atoms with E-state index < -0.39 is 23.5 Å². The van der Waals surface area contributed by atoms with Crippen molar-refractivity contribution in [2.75, 3.05) is 18.6 Å². The topological polar surface area (TPSA) is 76.1 Å². The molecule has 1 saturated heterocycles. The van der Waals surface area contributed by atoms with Crippen LogP contribution in [0.25, 0.3) is 5.76 Å². The summed E-state index contributed by atoms with van der Waals surface area (Å²) in [6.07, 6.45) is 3.10. The number of hydrogen-bond acceptors (Lipinski definition) is 5. The molecule has 1 amide bonds. The lowest BCUT2D eigenvalue weighted by atomic mass is 9.95. The van der Waals surface area contributed by atoms with Crippen LogP contribution in [-0.4, -0.2) is 30.5 Å². The quantitative estimate of drug-likeness (QED) is 0.146. The van der Waals surface area contributed by atoms with E-state index in [1.165, 1.54) is 24.1 Å². The van der Waals surface area contributed by atoms with Crippen LogP contribution in [-0.2, 0) is 9.59 Å². The highest BCUT2D eigenvalue weighted by atomic mass is 35.5. The number of nitrogens with zero attached hydrogens (tertiary/aromatic N) is 1. The average Bonchev–Trinajstić information content (AvgIpc) is 3.18. The fourth-order valence-electron chi connectivity index (χ4n) is 4.27. The molecule has 3 aromatic rings. The number of ether oxygens (including phenoxy) is 2. The number of hydrogen-bond donors (Lipinski definition) is 1. The van der Waals surface area contributed by atoms with Crippen LogP contribution in [0.5, 0.6) is 11.5 Å². The first kappa shape index (κ1) is 26.2. The first-order valence-electron chi connectivity index (χ1n) is 12.0. The SMILES string of the molecule is CCCCCOc1ccc(/C(O)=C2\C(=O)C(=O)N(c3ccc(F)c(Cl)c3)C2c2cccc(OC)c2)cc1. The molecule has 0 spiro atoms. The number of anilines is 1. The van der Waals surface area contributed by atoms with E-state index in [0.717, 1.165) is 25.3 Å². The predicted octanol–water partition coefficient (Wildman–Crippen LogP) is 6.68. The van der Waals surface area contributed by atoms with Gasteiger partial charge in [-0.1, -0.05) is 43.5 Å². The zero-order valence-corrected chi connectivity index (χ0v) is 21.3. The third-order valence-corrected chi connectivity index (χ3v) is 6.47. The van der Waals surface area contributed by atoms with Crippen molar-refractivity contribution < 1.29 is 28.6 Å². The van der Waals surface area contributed by atoms with E-state index >= 15 is 0 Å². The smallest absolute Gasteiger partial charge is 0.300 e. The molecule has 4 rings (SSSR count). The number of carbonyl (C=O) groups is 2. The summed E-state index contributed by atoms with van der Waals surface area (Å²) >= 11 is 5.99. The molecule has 0 aliphatic carbocycles. The highest BCUT2D eigenvalue weighted by Gasteiger charge is 2.47. The van der Waals surface area contributed by atoms with E-state index in [-0.39, 0.29) is 22.0 Å². The highest BCUT2D eigenvalue weighted by molar-refractivity contribution is 6.51. The maximum absolute atomic E-state index is 13.9. The maximum atomic E-state index is 13.9. The van der Waals surface area contributed by atoms with Crippen molar-refractivity contribution in [3.05, 3.63) is 94.3 Å². The minimum Gasteiger partial charge on any atom is -0.507 e. The molecule has 1 unspecified atom stereocenters. The van der Waals surface area contributed by atoms with Crippen molar-refractivity contribution in [3.8, 4) is 11.5 Å². The number of halogens is 2. The van der Waals surface area contributed by atoms with Crippen LogP contribution in [0, 0.1) is 5.82 Å². The molecule has 1 aliphatic heterocycles. The second kappa shape index (κ2) is 11.5. The largest absolute Gasteiger partial charge is 0.507 e. The van der Waals surface area contributed by atoms with Crippen LogP contribution < -0.4 is 14.4 Å². The summed E-state index contributed by atoms with van der Waals surface area (Å²) in [5.74, 6) is -1.59. The number of benzene rings is 3. The molecule has 3 aromatic carbocycles. The molecule has 1 fully saturated rings. The molecule has 0 aromatic heterocycles. The van der Waals surface area contributed by atoms with E-state index in [0.29, 0.717) is 29.2 Å². The number of unbranched alkanes of at least 4 members (excludes halogenated alkanes) is 2. The number of ketones is 1. The Labute approximate surface area is 219 Å². The van der Waals surface area contributed by atoms with Crippen LogP contribution >= 0.6 is 11.6 Å². The average molecular weight is 524 g/mol. The Morgan fingerprint density at radius 3 is 2.46 bits per heavy atom. The Kier molecular flexibility index (Phi) is 8.14. The molecule has 0 radical (unpaired) electrons. The summed E-state index contributed by atoms with van der Waals surface area (Å²) in [6.45, 7) is 2.70. The van der Waals surface area contributed by atoms with Crippen molar-refractivity contribution >= 4 is 34.7 Å². The van der Waals surface area contributed by atoms with E-state index in [1.54, 1.807) is 48.5 Å². The van der Waals surface area contributed by atoms with E-state index in [2.05, 4.69) is 6.92 Å². The van der Waals surface area contributed by atoms with E-state index in [1.807, 2.05) is 0 Å². The summed E-state index contributed by atoms with van der Waals surface area (Å²) in [4.78, 5) is 27.8. The van der Waals surface area contributed by atoms with Crippen LogP contribution in [0.2, 0.25) is 5.02 Å². The first-order chi connectivity index (χ1) is 17.8. The molecule has 1 heterocycles. The lowest BCUT2D eigenvalue weighted by Crippen LogP contribution is -2.29. The number of Topliss-reactive ketones (excluding diaryl/α,β-unsaturated/α-hetero) is 1. The zero-order chi connectivity index (χ0) is 26.5. The molecule has 8 heteroatoms. The van der Waals surface area contributed by atoms with Gasteiger partial charge in [-0.15, -0.1) is 0 Å². The maximum Gasteiger partial charge on any atom is 0.300 e. The van der Waals surface area contributed by atoms with Crippen LogP contribution in [0.3, 0.4) is 0 Å². The van der Waals surface area contributed by atoms with Gasteiger partial charge in [0.25, 0.3) is 11.7 Å². The van der Waals surface area contributed by atoms with Gasteiger partial charge in [-0.3, -0.25) is 14.5 Å². The van der Waals surface area contributed by atoms with Crippen molar-refractivity contribution in [2.45, 2.75) is 32.2 Å². The zero-order valence-electron chi connectivity index (χ0n) is 20.5. The minimum atomic E-state index is -0.999. The Bertz CT molecular complexity index is 1340. The molecular weight excluding hydrogens is 497 g/mol. The monoisotopic (exact) mass is 523 g/mol. The molecule has 37 heavy (non-hydrogen) atoms. The van der Waals surface area contributed by atoms with Gasteiger partial charge in [-0.05, 0) is 66.6 Å². The van der Waals surface area contributed by atoms with Crippen LogP contribution in [0.1, 0.15) is 43.4 Å². The molecule has 6 nitrogen and oxygen atoms in total. The summed E-state index contributed by atoms with van der Waals surface area (Å²) in [5, 5.41) is 11.1. The van der Waals surface area contributed by atoms with Crippen LogP contribution in [0.15, 0.2) is 72.3 Å².